The van der Waals surface area contributed by atoms with Gasteiger partial charge >= 0.3 is 12.2 Å². The highest BCUT2D eigenvalue weighted by molar-refractivity contribution is 14.1. The number of fused-ring (bicyclic) bond motifs is 1. The van der Waals surface area contributed by atoms with Crippen molar-refractivity contribution in [1.29, 1.82) is 0 Å². The van der Waals surface area contributed by atoms with Crippen LogP contribution in [0.5, 0.6) is 0 Å². The normalized spacial score (nSPS) is 14.4. The minimum Gasteiger partial charge on any atom is -0.382 e. The Hall–Kier alpha value is -3.50. The number of hydrogen-bond acceptors (Lipinski definition) is 6. The molecule has 216 valence electrons. The molecule has 0 bridgehead atoms. The molecule has 4 N–H and O–H groups in total. The minimum absolute atomic E-state index is 0.328. The van der Waals surface area contributed by atoms with Crippen molar-refractivity contribution in [3.8, 4) is 11.1 Å². The van der Waals surface area contributed by atoms with Crippen molar-refractivity contribution >= 4 is 51.3 Å². The van der Waals surface area contributed by atoms with E-state index >= 15 is 0 Å². The fraction of sp³-hybridized carbons (Fsp3) is 0.296. The lowest BCUT2D eigenvalue weighted by Crippen LogP contribution is -2.37. The Morgan fingerprint density at radius 1 is 1.07 bits per heavy atom. The lowest BCUT2D eigenvalue weighted by atomic mass is 10.1. The molecule has 1 fully saturated rings. The second-order valence-electron chi connectivity index (χ2n) is 9.48. The Balaban J connectivity index is 1.33. The van der Waals surface area contributed by atoms with Crippen LogP contribution >= 0.6 is 22.6 Å². The van der Waals surface area contributed by atoms with Gasteiger partial charge in [-0.2, -0.15) is 18.3 Å². The quantitative estimate of drug-likeness (QED) is 0.172. The Kier molecular flexibility index (Phi) is 8.60. The number of alkyl halides is 3. The second kappa shape index (κ2) is 12.2. The van der Waals surface area contributed by atoms with Gasteiger partial charge in [0.1, 0.15) is 17.7 Å². The molecular weight excluding hydrogens is 657 g/mol. The van der Waals surface area contributed by atoms with E-state index in [9.17, 15) is 22.4 Å². The first-order valence-corrected chi connectivity index (χ1v) is 13.8. The van der Waals surface area contributed by atoms with Crippen LogP contribution in [0.3, 0.4) is 0 Å². The molecule has 5 rings (SSSR count). The van der Waals surface area contributed by atoms with Gasteiger partial charge in [-0.25, -0.2) is 18.7 Å². The van der Waals surface area contributed by atoms with Gasteiger partial charge in [-0.15, -0.1) is 0 Å². The van der Waals surface area contributed by atoms with Gasteiger partial charge in [0.05, 0.1) is 30.2 Å². The summed E-state index contributed by atoms with van der Waals surface area (Å²) in [5, 5.41) is 9.13. The number of halogens is 5. The van der Waals surface area contributed by atoms with E-state index in [0.717, 1.165) is 62.5 Å². The Labute approximate surface area is 246 Å². The number of carbonyl (C=O) groups is 1. The maximum absolute atomic E-state index is 14.1. The number of ether oxygens (including phenoxy) is 1. The Morgan fingerprint density at radius 2 is 1.83 bits per heavy atom. The fourth-order valence-corrected chi connectivity index (χ4v) is 5.35. The topological polar surface area (TPSA) is 110 Å². The second-order valence-corrected chi connectivity index (χ2v) is 10.6. The number of amides is 2. The molecule has 4 aromatic rings. The number of aryl methyl sites for hydroxylation is 1. The highest BCUT2D eigenvalue weighted by Crippen LogP contribution is 2.34. The van der Waals surface area contributed by atoms with Crippen LogP contribution in [0, 0.1) is 9.39 Å². The number of nitrogens with one attached hydrogen (secondary N) is 2. The van der Waals surface area contributed by atoms with Crippen molar-refractivity contribution < 1.29 is 27.1 Å². The van der Waals surface area contributed by atoms with Crippen LogP contribution in [0.2, 0.25) is 0 Å². The largest absolute Gasteiger partial charge is 0.416 e. The number of benzene rings is 2. The smallest absolute Gasteiger partial charge is 0.382 e. The summed E-state index contributed by atoms with van der Waals surface area (Å²) in [5.41, 5.74) is 8.26. The number of nitrogens with zero attached hydrogens (tertiary/aromatic N) is 4. The third kappa shape index (κ3) is 6.70. The van der Waals surface area contributed by atoms with Gasteiger partial charge in [0.2, 0.25) is 0 Å². The lowest BCUT2D eigenvalue weighted by molar-refractivity contribution is -0.137. The van der Waals surface area contributed by atoms with Gasteiger partial charge in [0, 0.05) is 27.9 Å². The van der Waals surface area contributed by atoms with E-state index in [-0.39, 0.29) is 0 Å². The number of carbonyl (C=O) groups excluding carboxylic acids is 1. The summed E-state index contributed by atoms with van der Waals surface area (Å²) in [5.74, 6) is -0.659. The minimum atomic E-state index is -4.67. The van der Waals surface area contributed by atoms with E-state index in [1.54, 1.807) is 16.6 Å². The summed E-state index contributed by atoms with van der Waals surface area (Å²) in [6.45, 7) is 4.27. The summed E-state index contributed by atoms with van der Waals surface area (Å²) >= 11 is 2.04. The van der Waals surface area contributed by atoms with Crippen molar-refractivity contribution in [3.63, 3.8) is 0 Å². The van der Waals surface area contributed by atoms with Crippen molar-refractivity contribution in [2.24, 2.45) is 0 Å². The van der Waals surface area contributed by atoms with Crippen molar-refractivity contribution in [3.05, 3.63) is 69.4 Å². The molecule has 0 saturated carbocycles. The van der Waals surface area contributed by atoms with Crippen molar-refractivity contribution in [2.45, 2.75) is 19.0 Å². The average Bonchev–Trinajstić information content (AvgIpc) is 3.31. The van der Waals surface area contributed by atoms with E-state index in [2.05, 4.69) is 25.6 Å². The van der Waals surface area contributed by atoms with Crippen LogP contribution in [0.25, 0.3) is 16.6 Å². The molecule has 0 atom stereocenters. The zero-order chi connectivity index (χ0) is 29.1. The highest BCUT2D eigenvalue weighted by Gasteiger charge is 2.31. The number of morpholine rings is 1. The molecule has 3 heterocycles. The molecule has 2 aromatic carbocycles. The number of hydrogen-bond donors (Lipinski definition) is 3. The summed E-state index contributed by atoms with van der Waals surface area (Å²) in [4.78, 5) is 19.1. The van der Waals surface area contributed by atoms with Gasteiger partial charge in [0.15, 0.2) is 5.82 Å². The molecule has 9 nitrogen and oxygen atoms in total. The third-order valence-electron chi connectivity index (χ3n) is 6.74. The molecular formula is C27H26F4IN7O2. The molecule has 41 heavy (non-hydrogen) atoms. The predicted octanol–water partition coefficient (Wildman–Crippen LogP) is 5.65. The van der Waals surface area contributed by atoms with Crippen molar-refractivity contribution in [2.75, 3.05) is 49.2 Å². The standard InChI is InChI=1S/C27H26F4IN7O2/c28-20-5-4-17(27(29,30)31)13-23(20)37-26(40)36-22-6-3-16(12-21(22)32)19-14-18(39-24(19)25(33)34-15-35-39)2-1-7-38-8-10-41-11-9-38/h3-6,12-15H,1-2,7-11H2,(H2,33,34,35)(H2,36,37,40). The summed E-state index contributed by atoms with van der Waals surface area (Å²) in [6.07, 6.45) is -1.55. The molecule has 1 aliphatic rings. The summed E-state index contributed by atoms with van der Waals surface area (Å²) < 4.78 is 60.9. The van der Waals surface area contributed by atoms with Crippen LogP contribution < -0.4 is 16.4 Å². The van der Waals surface area contributed by atoms with E-state index < -0.39 is 29.3 Å². The molecule has 0 spiro atoms. The number of anilines is 3. The van der Waals surface area contributed by atoms with E-state index in [0.29, 0.717) is 38.8 Å². The first-order valence-electron chi connectivity index (χ1n) is 12.8. The fourth-order valence-electron chi connectivity index (χ4n) is 4.70. The number of nitrogens with two attached hydrogens (primary N) is 1. The van der Waals surface area contributed by atoms with Gasteiger partial charge in [-0.1, -0.05) is 6.07 Å². The zero-order valence-corrected chi connectivity index (χ0v) is 23.8. The third-order valence-corrected chi connectivity index (χ3v) is 7.63. The van der Waals surface area contributed by atoms with E-state index in [1.807, 2.05) is 34.7 Å². The molecule has 14 heteroatoms. The monoisotopic (exact) mass is 683 g/mol. The molecule has 1 aliphatic heterocycles. The molecule has 0 radical (unpaired) electrons. The van der Waals surface area contributed by atoms with Crippen LogP contribution in [-0.2, 0) is 17.3 Å². The molecule has 2 aromatic heterocycles. The lowest BCUT2D eigenvalue weighted by Gasteiger charge is -2.26. The van der Waals surface area contributed by atoms with Crippen LogP contribution in [0.1, 0.15) is 17.7 Å². The van der Waals surface area contributed by atoms with Crippen LogP contribution in [0.4, 0.5) is 39.5 Å². The van der Waals surface area contributed by atoms with Gasteiger partial charge in [-0.05, 0) is 83.9 Å². The number of nitrogen functional groups attached to an aromatic ring is 1. The molecule has 0 aliphatic carbocycles. The Bertz CT molecular complexity index is 1570. The average molecular weight is 683 g/mol. The number of urea groups is 1. The number of rotatable bonds is 7. The molecule has 0 unspecified atom stereocenters. The highest BCUT2D eigenvalue weighted by atomic mass is 127. The first-order chi connectivity index (χ1) is 19.6. The Morgan fingerprint density at radius 3 is 2.56 bits per heavy atom. The van der Waals surface area contributed by atoms with E-state index in [1.165, 1.54) is 6.33 Å². The van der Waals surface area contributed by atoms with Crippen molar-refractivity contribution in [1.82, 2.24) is 19.5 Å². The molecule has 1 saturated heterocycles. The summed E-state index contributed by atoms with van der Waals surface area (Å²) in [6, 6.07) is 8.23. The maximum Gasteiger partial charge on any atom is 0.416 e. The predicted molar refractivity (Wildman–Crippen MR) is 155 cm³/mol. The van der Waals surface area contributed by atoms with Gasteiger partial charge < -0.3 is 21.1 Å². The first kappa shape index (κ1) is 29.0. The molecule has 2 amide bonds. The SMILES string of the molecule is Nc1ncnn2c(CCCN3CCOCC3)cc(-c3ccc(NC(=O)Nc4cc(C(F)(F)F)ccc4F)c(I)c3)c12. The van der Waals surface area contributed by atoms with Gasteiger partial charge in [-0.3, -0.25) is 4.90 Å². The number of aromatic nitrogens is 3. The zero-order valence-electron chi connectivity index (χ0n) is 21.6. The van der Waals surface area contributed by atoms with Gasteiger partial charge in [0.25, 0.3) is 0 Å². The van der Waals surface area contributed by atoms with E-state index in [4.69, 9.17) is 10.5 Å². The van der Waals surface area contributed by atoms with Crippen LogP contribution in [-0.4, -0.2) is 58.4 Å². The van der Waals surface area contributed by atoms with Crippen LogP contribution in [0.15, 0.2) is 48.8 Å². The maximum atomic E-state index is 14.1. The summed E-state index contributed by atoms with van der Waals surface area (Å²) in [7, 11) is 0.